The quantitative estimate of drug-likeness (QED) is 0.556. The van der Waals surface area contributed by atoms with Gasteiger partial charge in [0, 0.05) is 49.4 Å². The molecule has 1 aliphatic heterocycles. The number of carbonyl (C=O) groups excluding carboxylic acids is 1. The molecule has 10 heteroatoms. The van der Waals surface area contributed by atoms with Crippen LogP contribution < -0.4 is 0 Å². The third-order valence-electron chi connectivity index (χ3n) is 5.21. The van der Waals surface area contributed by atoms with Gasteiger partial charge in [0.1, 0.15) is 6.61 Å². The van der Waals surface area contributed by atoms with Gasteiger partial charge in [-0.1, -0.05) is 18.2 Å². The normalized spacial score (nSPS) is 17.7. The summed E-state index contributed by atoms with van der Waals surface area (Å²) in [6, 6.07) is 7.45. The molecule has 164 valence electrons. The predicted octanol–water partition coefficient (Wildman–Crippen LogP) is 3.07. The Balaban J connectivity index is 1.74. The Morgan fingerprint density at radius 3 is 2.81 bits per heavy atom. The van der Waals surface area contributed by atoms with E-state index in [1.54, 1.807) is 28.9 Å². The molecule has 3 aromatic rings. The van der Waals surface area contributed by atoms with Gasteiger partial charge in [0.25, 0.3) is 6.47 Å². The summed E-state index contributed by atoms with van der Waals surface area (Å²) in [5.41, 5.74) is 3.70. The van der Waals surface area contributed by atoms with E-state index in [2.05, 4.69) is 10.1 Å². The van der Waals surface area contributed by atoms with Crippen LogP contribution in [0.1, 0.15) is 11.3 Å². The Bertz CT molecular complexity index is 1080. The van der Waals surface area contributed by atoms with Crippen molar-refractivity contribution in [3.05, 3.63) is 47.9 Å². The highest BCUT2D eigenvalue weighted by Gasteiger charge is 2.43. The molecule has 7 nitrogen and oxygen atoms in total. The zero-order valence-corrected chi connectivity index (χ0v) is 16.8. The van der Waals surface area contributed by atoms with Crippen LogP contribution >= 0.6 is 0 Å². The Kier molecular flexibility index (Phi) is 5.92. The van der Waals surface area contributed by atoms with Crippen molar-refractivity contribution in [3.63, 3.8) is 0 Å². The minimum atomic E-state index is -4.40. The maximum atomic E-state index is 13.1. The van der Waals surface area contributed by atoms with Crippen molar-refractivity contribution in [2.45, 2.75) is 25.4 Å². The van der Waals surface area contributed by atoms with Crippen LogP contribution in [0.15, 0.2) is 36.7 Å². The van der Waals surface area contributed by atoms with E-state index in [-0.39, 0.29) is 19.8 Å². The average molecular weight is 434 g/mol. The van der Waals surface area contributed by atoms with Gasteiger partial charge in [-0.25, -0.2) is 4.98 Å². The second-order valence-electron chi connectivity index (χ2n) is 7.42. The number of morpholine rings is 1. The van der Waals surface area contributed by atoms with Crippen LogP contribution in [0, 0.1) is 0 Å². The fourth-order valence-corrected chi connectivity index (χ4v) is 3.76. The minimum absolute atomic E-state index is 0.0193. The van der Waals surface area contributed by atoms with E-state index in [1.807, 2.05) is 24.4 Å². The standard InChI is InChI=1S/C21H21F3N4O3/c1-27-9-16(8-25-27)19-15(10-28-6-7-31-18(11-28)21(22,23)24)3-2-14-4-5-17(12-30-13-29)26-20(14)19/h2-5,8-9,13,18H,6-7,10-12H2,1H3. The maximum absolute atomic E-state index is 13.1. The van der Waals surface area contributed by atoms with E-state index in [4.69, 9.17) is 9.47 Å². The Morgan fingerprint density at radius 2 is 2.10 bits per heavy atom. The molecule has 4 rings (SSSR count). The molecule has 1 fully saturated rings. The third kappa shape index (κ3) is 4.70. The number of alkyl halides is 3. The summed E-state index contributed by atoms with van der Waals surface area (Å²) in [5, 5.41) is 5.11. The first-order chi connectivity index (χ1) is 14.8. The van der Waals surface area contributed by atoms with Crippen molar-refractivity contribution >= 4 is 17.4 Å². The summed E-state index contributed by atoms with van der Waals surface area (Å²) in [6.07, 6.45) is -2.66. The van der Waals surface area contributed by atoms with Crippen molar-refractivity contribution < 1.29 is 27.4 Å². The van der Waals surface area contributed by atoms with Crippen molar-refractivity contribution in [2.24, 2.45) is 7.05 Å². The lowest BCUT2D eigenvalue weighted by Gasteiger charge is -2.34. The fourth-order valence-electron chi connectivity index (χ4n) is 3.76. The van der Waals surface area contributed by atoms with Crippen LogP contribution in [0.4, 0.5) is 13.2 Å². The zero-order chi connectivity index (χ0) is 22.0. The van der Waals surface area contributed by atoms with Crippen LogP contribution in [0.3, 0.4) is 0 Å². The lowest BCUT2D eigenvalue weighted by Crippen LogP contribution is -2.48. The highest BCUT2D eigenvalue weighted by molar-refractivity contribution is 5.95. The first-order valence-electron chi connectivity index (χ1n) is 9.71. The van der Waals surface area contributed by atoms with E-state index in [9.17, 15) is 18.0 Å². The van der Waals surface area contributed by atoms with Gasteiger partial charge < -0.3 is 9.47 Å². The second kappa shape index (κ2) is 8.64. The Morgan fingerprint density at radius 1 is 1.29 bits per heavy atom. The molecule has 0 N–H and O–H groups in total. The summed E-state index contributed by atoms with van der Waals surface area (Å²) in [7, 11) is 1.79. The molecule has 3 heterocycles. The molecule has 0 aliphatic carbocycles. The van der Waals surface area contributed by atoms with Gasteiger partial charge in [-0.15, -0.1) is 0 Å². The number of rotatable bonds is 6. The largest absolute Gasteiger partial charge is 0.461 e. The Hall–Kier alpha value is -2.98. The number of aryl methyl sites for hydroxylation is 1. The molecule has 0 bridgehead atoms. The first kappa shape index (κ1) is 21.3. The van der Waals surface area contributed by atoms with E-state index in [0.29, 0.717) is 30.8 Å². The first-order valence-corrected chi connectivity index (χ1v) is 9.71. The summed E-state index contributed by atoms with van der Waals surface area (Å²) >= 11 is 0. The van der Waals surface area contributed by atoms with E-state index < -0.39 is 12.3 Å². The second-order valence-corrected chi connectivity index (χ2v) is 7.42. The molecular formula is C21H21F3N4O3. The number of carbonyl (C=O) groups is 1. The minimum Gasteiger partial charge on any atom is -0.461 e. The molecule has 1 aliphatic rings. The number of hydrogen-bond donors (Lipinski definition) is 0. The molecule has 1 saturated heterocycles. The van der Waals surface area contributed by atoms with Gasteiger partial charge in [-0.2, -0.15) is 18.3 Å². The van der Waals surface area contributed by atoms with Gasteiger partial charge in [-0.05, 0) is 11.6 Å². The number of fused-ring (bicyclic) bond motifs is 1. The van der Waals surface area contributed by atoms with Crippen molar-refractivity contribution in [3.8, 4) is 11.1 Å². The van der Waals surface area contributed by atoms with Crippen molar-refractivity contribution in [1.82, 2.24) is 19.7 Å². The van der Waals surface area contributed by atoms with Crippen molar-refractivity contribution in [2.75, 3.05) is 19.7 Å². The molecule has 2 aromatic heterocycles. The topological polar surface area (TPSA) is 69.5 Å². The monoisotopic (exact) mass is 434 g/mol. The predicted molar refractivity (Wildman–Crippen MR) is 106 cm³/mol. The van der Waals surface area contributed by atoms with E-state index in [0.717, 1.165) is 22.1 Å². The summed E-state index contributed by atoms with van der Waals surface area (Å²) in [5.74, 6) is 0. The molecule has 0 saturated carbocycles. The van der Waals surface area contributed by atoms with Gasteiger partial charge in [0.2, 0.25) is 0 Å². The maximum Gasteiger partial charge on any atom is 0.415 e. The molecule has 1 aromatic carbocycles. The smallest absolute Gasteiger partial charge is 0.415 e. The molecule has 0 radical (unpaired) electrons. The highest BCUT2D eigenvalue weighted by atomic mass is 19.4. The molecule has 0 amide bonds. The van der Waals surface area contributed by atoms with Crippen molar-refractivity contribution in [1.29, 1.82) is 0 Å². The number of benzene rings is 1. The number of halogens is 3. The van der Waals surface area contributed by atoms with Gasteiger partial charge in [0.15, 0.2) is 6.10 Å². The fraction of sp³-hybridized carbons (Fsp3) is 0.381. The Labute approximate surface area is 176 Å². The van der Waals surface area contributed by atoms with E-state index in [1.165, 1.54) is 0 Å². The number of nitrogens with zero attached hydrogens (tertiary/aromatic N) is 4. The number of hydrogen-bond acceptors (Lipinski definition) is 6. The van der Waals surface area contributed by atoms with Crippen LogP contribution in [-0.2, 0) is 34.5 Å². The lowest BCUT2D eigenvalue weighted by atomic mass is 9.97. The SMILES string of the molecule is Cn1cc(-c2c(CN3CCOC(C(F)(F)F)C3)ccc3ccc(COC=O)nc23)cn1. The average Bonchev–Trinajstić information content (AvgIpc) is 3.17. The van der Waals surface area contributed by atoms with Gasteiger partial charge in [0.05, 0.1) is 24.0 Å². The molecule has 1 unspecified atom stereocenters. The van der Waals surface area contributed by atoms with Gasteiger partial charge >= 0.3 is 6.18 Å². The van der Waals surface area contributed by atoms with Gasteiger partial charge in [-0.3, -0.25) is 14.4 Å². The summed E-state index contributed by atoms with van der Waals surface area (Å²) < 4.78 is 50.8. The van der Waals surface area contributed by atoms with E-state index >= 15 is 0 Å². The number of pyridine rings is 1. The molecule has 1 atom stereocenters. The molecular weight excluding hydrogens is 413 g/mol. The molecule has 31 heavy (non-hydrogen) atoms. The van der Waals surface area contributed by atoms with Crippen LogP contribution in [0.2, 0.25) is 0 Å². The summed E-state index contributed by atoms with van der Waals surface area (Å²) in [6.45, 7) is 0.900. The summed E-state index contributed by atoms with van der Waals surface area (Å²) in [4.78, 5) is 16.9. The molecule has 0 spiro atoms. The number of aromatic nitrogens is 3. The number of ether oxygens (including phenoxy) is 2. The highest BCUT2D eigenvalue weighted by Crippen LogP contribution is 2.33. The zero-order valence-electron chi connectivity index (χ0n) is 16.8. The van der Waals surface area contributed by atoms with Crippen LogP contribution in [0.25, 0.3) is 22.0 Å². The lowest BCUT2D eigenvalue weighted by molar-refractivity contribution is -0.237. The van der Waals surface area contributed by atoms with Crippen LogP contribution in [0.5, 0.6) is 0 Å². The van der Waals surface area contributed by atoms with Crippen LogP contribution in [-0.4, -0.2) is 58.1 Å². The third-order valence-corrected chi connectivity index (χ3v) is 5.21.